The fourth-order valence-corrected chi connectivity index (χ4v) is 1.78. The number of anilines is 2. The van der Waals surface area contributed by atoms with Crippen LogP contribution in [-0.2, 0) is 0 Å². The summed E-state index contributed by atoms with van der Waals surface area (Å²) in [5.74, 6) is 1.16. The molecule has 19 heavy (non-hydrogen) atoms. The van der Waals surface area contributed by atoms with Crippen molar-refractivity contribution in [1.82, 2.24) is 9.97 Å². The number of hydrogen-bond donors (Lipinski definition) is 2. The van der Waals surface area contributed by atoms with E-state index >= 15 is 0 Å². The lowest BCUT2D eigenvalue weighted by Gasteiger charge is -2.14. The maximum atomic E-state index is 12.0. The van der Waals surface area contributed by atoms with E-state index in [9.17, 15) is 13.2 Å². The van der Waals surface area contributed by atoms with E-state index in [0.717, 1.165) is 5.56 Å². The number of aromatic nitrogens is 2. The predicted molar refractivity (Wildman–Crippen MR) is 68.9 cm³/mol. The molecule has 0 aliphatic heterocycles. The van der Waals surface area contributed by atoms with E-state index in [-0.39, 0.29) is 12.3 Å². The summed E-state index contributed by atoms with van der Waals surface area (Å²) in [5.41, 5.74) is 6.57. The van der Waals surface area contributed by atoms with Crippen LogP contribution in [-0.4, -0.2) is 22.7 Å². The second-order valence-electron chi connectivity index (χ2n) is 4.67. The molecule has 0 spiro atoms. The highest BCUT2D eigenvalue weighted by Gasteiger charge is 2.25. The van der Waals surface area contributed by atoms with Crippen molar-refractivity contribution in [2.24, 2.45) is 0 Å². The smallest absolute Gasteiger partial charge is 0.383 e. The molecule has 1 aromatic rings. The number of nitrogens with two attached hydrogens (primary N) is 1. The number of rotatable bonds is 6. The van der Waals surface area contributed by atoms with Crippen LogP contribution in [0.2, 0.25) is 0 Å². The molecule has 0 saturated heterocycles. The van der Waals surface area contributed by atoms with E-state index in [4.69, 9.17) is 5.73 Å². The first kappa shape index (κ1) is 15.5. The molecule has 0 saturated carbocycles. The minimum Gasteiger partial charge on any atom is -0.383 e. The van der Waals surface area contributed by atoms with Crippen LogP contribution in [0.3, 0.4) is 0 Å². The lowest BCUT2D eigenvalue weighted by Crippen LogP contribution is -2.12. The Bertz CT molecular complexity index is 404. The third-order valence-electron chi connectivity index (χ3n) is 2.67. The Morgan fingerprint density at radius 1 is 1.26 bits per heavy atom. The van der Waals surface area contributed by atoms with E-state index in [1.165, 1.54) is 6.33 Å². The molecule has 4 nitrogen and oxygen atoms in total. The Morgan fingerprint density at radius 2 is 1.95 bits per heavy atom. The van der Waals surface area contributed by atoms with Gasteiger partial charge in [-0.05, 0) is 18.8 Å². The van der Waals surface area contributed by atoms with Crippen LogP contribution >= 0.6 is 0 Å². The largest absolute Gasteiger partial charge is 0.389 e. The lowest BCUT2D eigenvalue weighted by atomic mass is 10.0. The van der Waals surface area contributed by atoms with Gasteiger partial charge in [-0.25, -0.2) is 9.97 Å². The molecule has 0 fully saturated rings. The lowest BCUT2D eigenvalue weighted by molar-refractivity contribution is -0.135. The number of unbranched alkanes of at least 4 members (excludes halogenated alkanes) is 1. The van der Waals surface area contributed by atoms with Crippen LogP contribution in [0.4, 0.5) is 24.8 Å². The van der Waals surface area contributed by atoms with Gasteiger partial charge in [-0.15, -0.1) is 0 Å². The van der Waals surface area contributed by atoms with Crippen molar-refractivity contribution in [2.75, 3.05) is 17.6 Å². The first-order valence-corrected chi connectivity index (χ1v) is 6.22. The molecule has 0 aliphatic rings. The maximum absolute atomic E-state index is 12.0. The predicted octanol–water partition coefficient (Wildman–Crippen LogP) is 3.33. The third-order valence-corrected chi connectivity index (χ3v) is 2.67. The van der Waals surface area contributed by atoms with Gasteiger partial charge < -0.3 is 11.1 Å². The van der Waals surface area contributed by atoms with Crippen molar-refractivity contribution in [3.05, 3.63) is 11.9 Å². The molecule has 1 rings (SSSR count). The van der Waals surface area contributed by atoms with Gasteiger partial charge in [0.15, 0.2) is 0 Å². The van der Waals surface area contributed by atoms with Crippen LogP contribution in [0.1, 0.15) is 44.6 Å². The third kappa shape index (κ3) is 5.32. The molecule has 1 aromatic heterocycles. The van der Waals surface area contributed by atoms with Crippen LogP contribution in [0.25, 0.3) is 0 Å². The van der Waals surface area contributed by atoms with Gasteiger partial charge in [0, 0.05) is 18.5 Å². The molecule has 1 heterocycles. The normalized spacial score (nSPS) is 11.9. The zero-order valence-electron chi connectivity index (χ0n) is 11.1. The molecule has 7 heteroatoms. The number of nitrogens with one attached hydrogen (secondary N) is 1. The highest BCUT2D eigenvalue weighted by molar-refractivity contribution is 5.56. The molecule has 0 atom stereocenters. The van der Waals surface area contributed by atoms with Gasteiger partial charge in [0.2, 0.25) is 0 Å². The zero-order valence-corrected chi connectivity index (χ0v) is 11.1. The second kappa shape index (κ2) is 6.58. The highest BCUT2D eigenvalue weighted by Crippen LogP contribution is 2.26. The monoisotopic (exact) mass is 276 g/mol. The van der Waals surface area contributed by atoms with Crippen LogP contribution < -0.4 is 11.1 Å². The summed E-state index contributed by atoms with van der Waals surface area (Å²) in [5, 5.41) is 3.02. The number of alkyl halides is 3. The summed E-state index contributed by atoms with van der Waals surface area (Å²) in [6, 6.07) is 0. The van der Waals surface area contributed by atoms with Gasteiger partial charge in [-0.2, -0.15) is 13.2 Å². The van der Waals surface area contributed by atoms with Gasteiger partial charge >= 0.3 is 6.18 Å². The topological polar surface area (TPSA) is 63.8 Å². The molecular formula is C12H19F3N4. The number of nitrogens with zero attached hydrogens (tertiary/aromatic N) is 2. The van der Waals surface area contributed by atoms with E-state index < -0.39 is 12.6 Å². The Morgan fingerprint density at radius 3 is 2.53 bits per heavy atom. The standard InChI is InChI=1S/C12H19F3N4/c1-8(2)9-10(16)18-7-19-11(9)17-6-4-3-5-12(13,14)15/h7-8H,3-6H2,1-2H3,(H3,16,17,18,19). The molecular weight excluding hydrogens is 257 g/mol. The Labute approximate surface area is 110 Å². The number of halogens is 3. The fraction of sp³-hybridized carbons (Fsp3) is 0.667. The summed E-state index contributed by atoms with van der Waals surface area (Å²) in [7, 11) is 0. The molecule has 3 N–H and O–H groups in total. The quantitative estimate of drug-likeness (QED) is 0.782. The van der Waals surface area contributed by atoms with Crippen LogP contribution in [0.15, 0.2) is 6.33 Å². The van der Waals surface area contributed by atoms with Gasteiger partial charge in [0.05, 0.1) is 0 Å². The van der Waals surface area contributed by atoms with Crippen molar-refractivity contribution in [2.45, 2.75) is 45.2 Å². The van der Waals surface area contributed by atoms with Crippen LogP contribution in [0.5, 0.6) is 0 Å². The van der Waals surface area contributed by atoms with Crippen molar-refractivity contribution < 1.29 is 13.2 Å². The zero-order chi connectivity index (χ0) is 14.5. The first-order valence-electron chi connectivity index (χ1n) is 6.22. The average molecular weight is 276 g/mol. The Hall–Kier alpha value is -1.53. The van der Waals surface area contributed by atoms with Crippen LogP contribution in [0, 0.1) is 0 Å². The Kier molecular flexibility index (Phi) is 5.38. The van der Waals surface area contributed by atoms with Crippen molar-refractivity contribution in [3.8, 4) is 0 Å². The summed E-state index contributed by atoms with van der Waals surface area (Å²) in [4.78, 5) is 8.00. The molecule has 0 amide bonds. The number of nitrogen functional groups attached to an aromatic ring is 1. The second-order valence-corrected chi connectivity index (χ2v) is 4.67. The number of hydrogen-bond acceptors (Lipinski definition) is 4. The molecule has 0 bridgehead atoms. The SMILES string of the molecule is CC(C)c1c(N)ncnc1NCCCCC(F)(F)F. The van der Waals surface area contributed by atoms with Gasteiger partial charge in [-0.3, -0.25) is 0 Å². The fourth-order valence-electron chi connectivity index (χ4n) is 1.78. The van der Waals surface area contributed by atoms with Gasteiger partial charge in [-0.1, -0.05) is 13.8 Å². The van der Waals surface area contributed by atoms with Crippen molar-refractivity contribution >= 4 is 11.6 Å². The van der Waals surface area contributed by atoms with E-state index in [1.54, 1.807) is 0 Å². The molecule has 0 unspecified atom stereocenters. The van der Waals surface area contributed by atoms with Gasteiger partial charge in [0.25, 0.3) is 0 Å². The maximum Gasteiger partial charge on any atom is 0.389 e. The Balaban J connectivity index is 2.48. The van der Waals surface area contributed by atoms with E-state index in [0.29, 0.717) is 24.6 Å². The highest BCUT2D eigenvalue weighted by atomic mass is 19.4. The summed E-state index contributed by atoms with van der Waals surface area (Å²) >= 11 is 0. The average Bonchev–Trinajstić information content (AvgIpc) is 2.26. The van der Waals surface area contributed by atoms with Gasteiger partial charge in [0.1, 0.15) is 18.0 Å². The molecule has 0 radical (unpaired) electrons. The minimum atomic E-state index is -4.08. The summed E-state index contributed by atoms with van der Waals surface area (Å²) in [6.07, 6.45) is -2.95. The summed E-state index contributed by atoms with van der Waals surface area (Å²) in [6.45, 7) is 4.36. The van der Waals surface area contributed by atoms with Crippen molar-refractivity contribution in [3.63, 3.8) is 0 Å². The molecule has 108 valence electrons. The minimum absolute atomic E-state index is 0.105. The molecule has 0 aromatic carbocycles. The van der Waals surface area contributed by atoms with Crippen molar-refractivity contribution in [1.29, 1.82) is 0 Å². The van der Waals surface area contributed by atoms with E-state index in [2.05, 4.69) is 15.3 Å². The summed E-state index contributed by atoms with van der Waals surface area (Å²) < 4.78 is 35.9. The molecule has 0 aliphatic carbocycles. The van der Waals surface area contributed by atoms with E-state index in [1.807, 2.05) is 13.8 Å². The first-order chi connectivity index (χ1) is 8.81.